The number of pyridine rings is 1. The molecule has 0 aliphatic carbocycles. The molecule has 3 heteroatoms. The van der Waals surface area contributed by atoms with Gasteiger partial charge in [-0.3, -0.25) is 9.78 Å². The highest BCUT2D eigenvalue weighted by Crippen LogP contribution is 2.18. The first-order chi connectivity index (χ1) is 12.7. The van der Waals surface area contributed by atoms with Gasteiger partial charge < -0.3 is 0 Å². The van der Waals surface area contributed by atoms with Crippen molar-refractivity contribution >= 4 is 16.9 Å². The maximum atomic E-state index is 11.1. The fourth-order valence-corrected chi connectivity index (χ4v) is 2.74. The Morgan fingerprint density at radius 3 is 1.50 bits per heavy atom. The van der Waals surface area contributed by atoms with E-state index in [1.165, 1.54) is 11.8 Å². The smallest absolute Gasteiger partial charge is 0.190 e. The molecular weight excluding hydrogens is 338 g/mol. The molecular formula is C23H15NOS. The Bertz CT molecular complexity index is 1020. The summed E-state index contributed by atoms with van der Waals surface area (Å²) in [4.78, 5) is 16.0. The predicted octanol–water partition coefficient (Wildman–Crippen LogP) is 4.52. The van der Waals surface area contributed by atoms with Crippen molar-refractivity contribution in [2.75, 3.05) is 0 Å². The fraction of sp³-hybridized carbons (Fsp3) is 0.0435. The number of benzene rings is 2. The highest BCUT2D eigenvalue weighted by molar-refractivity contribution is 8.13. The van der Waals surface area contributed by atoms with Gasteiger partial charge in [-0.1, -0.05) is 35.4 Å². The van der Waals surface area contributed by atoms with Crippen molar-refractivity contribution in [3.05, 3.63) is 95.3 Å². The zero-order valence-electron chi connectivity index (χ0n) is 14.2. The number of rotatable bonds is 1. The molecule has 0 spiro atoms. The molecule has 3 rings (SSSR count). The summed E-state index contributed by atoms with van der Waals surface area (Å²) in [5, 5.41) is 0.0796. The lowest BCUT2D eigenvalue weighted by atomic mass is 10.1. The molecule has 0 unspecified atom stereocenters. The van der Waals surface area contributed by atoms with Crippen LogP contribution in [0.2, 0.25) is 0 Å². The minimum Gasteiger partial charge on any atom is -0.287 e. The average Bonchev–Trinajstić information content (AvgIpc) is 2.67. The summed E-state index contributed by atoms with van der Waals surface area (Å²) in [6, 6.07) is 19.3. The Morgan fingerprint density at radius 1 is 0.692 bits per heavy atom. The number of carbonyl (C=O) groups is 1. The van der Waals surface area contributed by atoms with E-state index in [-0.39, 0.29) is 5.12 Å². The van der Waals surface area contributed by atoms with Crippen LogP contribution in [0, 0.1) is 23.7 Å². The third-order valence-corrected chi connectivity index (χ3v) is 4.18. The lowest BCUT2D eigenvalue weighted by Gasteiger charge is -1.96. The fourth-order valence-electron chi connectivity index (χ4n) is 2.13. The largest absolute Gasteiger partial charge is 0.287 e. The molecule has 3 aromatic rings. The molecule has 0 bridgehead atoms. The molecule has 0 saturated carbocycles. The zero-order valence-corrected chi connectivity index (χ0v) is 15.0. The van der Waals surface area contributed by atoms with Crippen molar-refractivity contribution in [1.82, 2.24) is 4.98 Å². The molecule has 1 heterocycles. The molecule has 2 nitrogen and oxygen atoms in total. The van der Waals surface area contributed by atoms with Crippen LogP contribution in [0.1, 0.15) is 29.2 Å². The molecule has 1 aromatic heterocycles. The summed E-state index contributed by atoms with van der Waals surface area (Å²) in [6.45, 7) is 1.56. The molecule has 26 heavy (non-hydrogen) atoms. The minimum absolute atomic E-state index is 0.0796. The lowest BCUT2D eigenvalue weighted by molar-refractivity contribution is -0.109. The summed E-state index contributed by atoms with van der Waals surface area (Å²) >= 11 is 1.22. The Labute approximate surface area is 157 Å². The topological polar surface area (TPSA) is 30.0 Å². The van der Waals surface area contributed by atoms with Gasteiger partial charge in [-0.05, 0) is 60.7 Å². The molecule has 0 radical (unpaired) electrons. The zero-order chi connectivity index (χ0) is 18.2. The normalized spacial score (nSPS) is 9.42. The van der Waals surface area contributed by atoms with Gasteiger partial charge in [0.2, 0.25) is 0 Å². The summed E-state index contributed by atoms with van der Waals surface area (Å²) in [6.07, 6.45) is 3.46. The average molecular weight is 353 g/mol. The molecule has 2 aromatic carbocycles. The second-order valence-electron chi connectivity index (χ2n) is 5.43. The van der Waals surface area contributed by atoms with E-state index < -0.39 is 0 Å². The van der Waals surface area contributed by atoms with Crippen molar-refractivity contribution < 1.29 is 4.79 Å². The molecule has 0 aliphatic heterocycles. The number of hydrogen-bond donors (Lipinski definition) is 0. The van der Waals surface area contributed by atoms with Crippen LogP contribution in [-0.4, -0.2) is 10.1 Å². The highest BCUT2D eigenvalue weighted by Gasteiger charge is 1.97. The van der Waals surface area contributed by atoms with E-state index in [0.29, 0.717) is 0 Å². The summed E-state index contributed by atoms with van der Waals surface area (Å²) in [7, 11) is 0. The van der Waals surface area contributed by atoms with Crippen LogP contribution in [0.3, 0.4) is 0 Å². The Hall–Kier alpha value is -3.27. The standard InChI is InChI=1S/C23H15NOS/c1-18(25)26-23-12-10-21(11-13-23)7-6-19-2-4-20(5-3-19)8-9-22-14-16-24-17-15-22/h2-5,10-17H,1H3. The van der Waals surface area contributed by atoms with E-state index in [2.05, 4.69) is 28.7 Å². The number of hydrogen-bond acceptors (Lipinski definition) is 3. The van der Waals surface area contributed by atoms with E-state index in [1.807, 2.05) is 60.7 Å². The van der Waals surface area contributed by atoms with Crippen molar-refractivity contribution in [2.45, 2.75) is 11.8 Å². The maximum Gasteiger partial charge on any atom is 0.190 e. The second-order valence-corrected chi connectivity index (χ2v) is 6.68. The van der Waals surface area contributed by atoms with Crippen LogP contribution in [0.4, 0.5) is 0 Å². The van der Waals surface area contributed by atoms with Crippen molar-refractivity contribution in [1.29, 1.82) is 0 Å². The molecule has 0 saturated heterocycles. The van der Waals surface area contributed by atoms with E-state index in [4.69, 9.17) is 0 Å². The van der Waals surface area contributed by atoms with E-state index in [1.54, 1.807) is 19.3 Å². The predicted molar refractivity (Wildman–Crippen MR) is 106 cm³/mol. The number of thioether (sulfide) groups is 1. The second kappa shape index (κ2) is 8.72. The van der Waals surface area contributed by atoms with Crippen LogP contribution in [0.5, 0.6) is 0 Å². The monoisotopic (exact) mass is 353 g/mol. The Balaban J connectivity index is 1.67. The summed E-state index contributed by atoms with van der Waals surface area (Å²) in [5.74, 6) is 12.5. The van der Waals surface area contributed by atoms with Gasteiger partial charge in [-0.2, -0.15) is 0 Å². The van der Waals surface area contributed by atoms with Gasteiger partial charge in [0.1, 0.15) is 0 Å². The Kier molecular flexibility index (Phi) is 5.88. The number of carbonyl (C=O) groups excluding carboxylic acids is 1. The quantitative estimate of drug-likeness (QED) is 0.476. The first-order valence-electron chi connectivity index (χ1n) is 8.02. The summed E-state index contributed by atoms with van der Waals surface area (Å²) < 4.78 is 0. The third-order valence-electron chi connectivity index (χ3n) is 3.38. The summed E-state index contributed by atoms with van der Waals surface area (Å²) in [5.41, 5.74) is 3.73. The van der Waals surface area contributed by atoms with Gasteiger partial charge in [0.15, 0.2) is 5.12 Å². The molecule has 0 atom stereocenters. The Morgan fingerprint density at radius 2 is 1.08 bits per heavy atom. The van der Waals surface area contributed by atoms with Gasteiger partial charge in [0.25, 0.3) is 0 Å². The van der Waals surface area contributed by atoms with E-state index in [9.17, 15) is 4.79 Å². The van der Waals surface area contributed by atoms with Gasteiger partial charge in [-0.25, -0.2) is 0 Å². The SMILES string of the molecule is CC(=O)Sc1ccc(C#Cc2ccc(C#Cc3ccncc3)cc2)cc1. The van der Waals surface area contributed by atoms with Crippen LogP contribution in [0.25, 0.3) is 0 Å². The maximum absolute atomic E-state index is 11.1. The van der Waals surface area contributed by atoms with Gasteiger partial charge in [-0.15, -0.1) is 0 Å². The van der Waals surface area contributed by atoms with Crippen molar-refractivity contribution in [2.24, 2.45) is 0 Å². The third kappa shape index (κ3) is 5.38. The van der Waals surface area contributed by atoms with Crippen molar-refractivity contribution in [3.8, 4) is 23.7 Å². The first-order valence-corrected chi connectivity index (χ1v) is 8.83. The first kappa shape index (κ1) is 17.5. The van der Waals surface area contributed by atoms with E-state index >= 15 is 0 Å². The minimum atomic E-state index is 0.0796. The molecule has 0 N–H and O–H groups in total. The van der Waals surface area contributed by atoms with Gasteiger partial charge in [0.05, 0.1) is 0 Å². The van der Waals surface area contributed by atoms with Crippen molar-refractivity contribution in [3.63, 3.8) is 0 Å². The van der Waals surface area contributed by atoms with Gasteiger partial charge >= 0.3 is 0 Å². The van der Waals surface area contributed by atoms with Gasteiger partial charge in [0, 0.05) is 46.5 Å². The van der Waals surface area contributed by atoms with Crippen LogP contribution in [0.15, 0.2) is 78.0 Å². The number of nitrogens with zero attached hydrogens (tertiary/aromatic N) is 1. The lowest BCUT2D eigenvalue weighted by Crippen LogP contribution is -1.82. The van der Waals surface area contributed by atoms with Crippen LogP contribution >= 0.6 is 11.8 Å². The molecule has 0 fully saturated rings. The van der Waals surface area contributed by atoms with E-state index in [0.717, 1.165) is 27.1 Å². The molecule has 0 aliphatic rings. The molecule has 0 amide bonds. The highest BCUT2D eigenvalue weighted by atomic mass is 32.2. The number of aromatic nitrogens is 1. The molecule has 124 valence electrons. The van der Waals surface area contributed by atoms with Crippen LogP contribution in [-0.2, 0) is 4.79 Å². The van der Waals surface area contributed by atoms with Crippen LogP contribution < -0.4 is 0 Å².